The molecule has 3 aromatic rings. The molecule has 0 saturated heterocycles. The highest BCUT2D eigenvalue weighted by Gasteiger charge is 2.16. The van der Waals surface area contributed by atoms with Crippen molar-refractivity contribution in [1.29, 1.82) is 0 Å². The molecular formula is C16H15BrCl2N2S. The van der Waals surface area contributed by atoms with E-state index in [1.54, 1.807) is 11.3 Å². The predicted octanol–water partition coefficient (Wildman–Crippen LogP) is 6.25. The van der Waals surface area contributed by atoms with E-state index in [0.29, 0.717) is 6.54 Å². The van der Waals surface area contributed by atoms with Crippen LogP contribution in [0.15, 0.2) is 28.7 Å². The molecule has 1 aromatic carbocycles. The minimum Gasteiger partial charge on any atom is -0.353 e. The molecule has 0 atom stereocenters. The van der Waals surface area contributed by atoms with E-state index in [9.17, 15) is 0 Å². The molecule has 0 amide bonds. The van der Waals surface area contributed by atoms with Crippen molar-refractivity contribution in [2.45, 2.75) is 19.3 Å². The number of benzene rings is 1. The van der Waals surface area contributed by atoms with Crippen LogP contribution in [0.5, 0.6) is 0 Å². The normalized spacial score (nSPS) is 11.5. The quantitative estimate of drug-likeness (QED) is 0.473. The summed E-state index contributed by atoms with van der Waals surface area (Å²) in [7, 11) is 0. The van der Waals surface area contributed by atoms with Crippen LogP contribution in [0.25, 0.3) is 21.5 Å². The van der Waals surface area contributed by atoms with Crippen LogP contribution < -0.4 is 5.73 Å². The Bertz CT molecular complexity index is 810. The molecule has 2 nitrogen and oxygen atoms in total. The Morgan fingerprint density at radius 3 is 2.68 bits per heavy atom. The second-order valence-corrected chi connectivity index (χ2v) is 8.14. The molecule has 0 unspecified atom stereocenters. The van der Waals surface area contributed by atoms with Gasteiger partial charge in [0, 0.05) is 14.9 Å². The van der Waals surface area contributed by atoms with Crippen molar-refractivity contribution < 1.29 is 0 Å². The first kappa shape index (κ1) is 16.3. The van der Waals surface area contributed by atoms with E-state index < -0.39 is 0 Å². The summed E-state index contributed by atoms with van der Waals surface area (Å²) in [5.74, 6) is 0. The van der Waals surface area contributed by atoms with Crippen molar-refractivity contribution in [3.63, 3.8) is 0 Å². The van der Waals surface area contributed by atoms with Crippen molar-refractivity contribution in [2.24, 2.45) is 5.73 Å². The van der Waals surface area contributed by atoms with Gasteiger partial charge in [-0.05, 0) is 71.6 Å². The smallest absolute Gasteiger partial charge is 0.0935 e. The Balaban J connectivity index is 2.16. The third kappa shape index (κ3) is 3.22. The van der Waals surface area contributed by atoms with Crippen LogP contribution in [0.4, 0.5) is 0 Å². The first-order chi connectivity index (χ1) is 10.6. The van der Waals surface area contributed by atoms with E-state index in [1.807, 2.05) is 18.2 Å². The topological polar surface area (TPSA) is 41.8 Å². The van der Waals surface area contributed by atoms with E-state index in [4.69, 9.17) is 28.9 Å². The number of hydrogen-bond donors (Lipinski definition) is 2. The molecule has 3 N–H and O–H groups in total. The molecule has 6 heteroatoms. The molecule has 0 aliphatic rings. The third-order valence-electron chi connectivity index (χ3n) is 3.63. The van der Waals surface area contributed by atoms with Crippen LogP contribution in [0.2, 0.25) is 9.36 Å². The standard InChI is InChI=1S/C16H15BrCl2N2S/c17-12-8-9(18)7-11-10(3-1-2-6-20)16(21-15(11)12)13-4-5-14(19)22-13/h4-5,7-8,21H,1-3,6,20H2. The lowest BCUT2D eigenvalue weighted by atomic mass is 10.0. The van der Waals surface area contributed by atoms with Gasteiger partial charge in [0.15, 0.2) is 0 Å². The Hall–Kier alpha value is -0.520. The van der Waals surface area contributed by atoms with Crippen LogP contribution in [-0.4, -0.2) is 11.5 Å². The largest absolute Gasteiger partial charge is 0.353 e. The lowest BCUT2D eigenvalue weighted by Crippen LogP contribution is -1.99. The molecule has 0 aliphatic heterocycles. The van der Waals surface area contributed by atoms with E-state index in [-0.39, 0.29) is 0 Å². The summed E-state index contributed by atoms with van der Waals surface area (Å²) in [6.45, 7) is 0.715. The minimum absolute atomic E-state index is 0.715. The van der Waals surface area contributed by atoms with Crippen LogP contribution >= 0.6 is 50.5 Å². The van der Waals surface area contributed by atoms with Crippen LogP contribution in [0.1, 0.15) is 18.4 Å². The SMILES string of the molecule is NCCCCc1c(-c2ccc(Cl)s2)[nH]c2c(Br)cc(Cl)cc12. The monoisotopic (exact) mass is 416 g/mol. The fraction of sp³-hybridized carbons (Fsp3) is 0.250. The number of nitrogens with two attached hydrogens (primary N) is 1. The van der Waals surface area contributed by atoms with Gasteiger partial charge in [0.05, 0.1) is 20.4 Å². The number of thiophene rings is 1. The molecule has 116 valence electrons. The van der Waals surface area contributed by atoms with E-state index in [2.05, 4.69) is 27.0 Å². The van der Waals surface area contributed by atoms with E-state index in [1.165, 1.54) is 5.56 Å². The molecule has 0 aliphatic carbocycles. The predicted molar refractivity (Wildman–Crippen MR) is 101 cm³/mol. The maximum absolute atomic E-state index is 6.23. The molecule has 0 fully saturated rings. The molecule has 2 heterocycles. The highest BCUT2D eigenvalue weighted by molar-refractivity contribution is 9.10. The first-order valence-electron chi connectivity index (χ1n) is 7.05. The zero-order valence-corrected chi connectivity index (χ0v) is 15.7. The molecular weight excluding hydrogens is 403 g/mol. The lowest BCUT2D eigenvalue weighted by molar-refractivity contribution is 0.748. The second-order valence-electron chi connectivity index (χ2n) is 5.14. The van der Waals surface area contributed by atoms with Crippen LogP contribution in [0.3, 0.4) is 0 Å². The highest BCUT2D eigenvalue weighted by atomic mass is 79.9. The summed E-state index contributed by atoms with van der Waals surface area (Å²) in [5, 5.41) is 1.89. The summed E-state index contributed by atoms with van der Waals surface area (Å²) >= 11 is 17.5. The summed E-state index contributed by atoms with van der Waals surface area (Å²) < 4.78 is 1.77. The van der Waals surface area contributed by atoms with Gasteiger partial charge in [-0.1, -0.05) is 23.2 Å². The maximum Gasteiger partial charge on any atom is 0.0935 e. The van der Waals surface area contributed by atoms with Crippen molar-refractivity contribution in [1.82, 2.24) is 4.98 Å². The molecule has 0 bridgehead atoms. The number of hydrogen-bond acceptors (Lipinski definition) is 2. The summed E-state index contributed by atoms with van der Waals surface area (Å²) in [6, 6.07) is 7.92. The molecule has 2 aromatic heterocycles. The molecule has 0 spiro atoms. The molecule has 22 heavy (non-hydrogen) atoms. The van der Waals surface area contributed by atoms with Gasteiger partial charge in [-0.2, -0.15) is 0 Å². The lowest BCUT2D eigenvalue weighted by Gasteiger charge is -2.03. The number of aryl methyl sites for hydroxylation is 1. The van der Waals surface area contributed by atoms with Gasteiger partial charge < -0.3 is 10.7 Å². The Morgan fingerprint density at radius 2 is 2.00 bits per heavy atom. The zero-order valence-electron chi connectivity index (χ0n) is 11.8. The summed E-state index contributed by atoms with van der Waals surface area (Å²) in [6.07, 6.45) is 3.04. The van der Waals surface area contributed by atoms with Crippen molar-refractivity contribution in [3.05, 3.63) is 43.7 Å². The van der Waals surface area contributed by atoms with Gasteiger partial charge in [-0.3, -0.25) is 0 Å². The Morgan fingerprint density at radius 1 is 1.18 bits per heavy atom. The van der Waals surface area contributed by atoms with Gasteiger partial charge in [-0.15, -0.1) is 11.3 Å². The van der Waals surface area contributed by atoms with Gasteiger partial charge in [-0.25, -0.2) is 0 Å². The number of H-pyrrole nitrogens is 1. The number of aromatic amines is 1. The van der Waals surface area contributed by atoms with Crippen molar-refractivity contribution in [3.8, 4) is 10.6 Å². The van der Waals surface area contributed by atoms with Crippen molar-refractivity contribution >= 4 is 61.4 Å². The highest BCUT2D eigenvalue weighted by Crippen LogP contribution is 2.39. The van der Waals surface area contributed by atoms with Crippen LogP contribution in [0, 0.1) is 0 Å². The third-order valence-corrected chi connectivity index (χ3v) is 5.72. The zero-order chi connectivity index (χ0) is 15.7. The Labute approximate surface area is 151 Å². The molecule has 0 saturated carbocycles. The molecule has 0 radical (unpaired) electrons. The van der Waals surface area contributed by atoms with Gasteiger partial charge in [0.25, 0.3) is 0 Å². The molecule has 3 rings (SSSR count). The van der Waals surface area contributed by atoms with Gasteiger partial charge in [0.2, 0.25) is 0 Å². The van der Waals surface area contributed by atoms with Gasteiger partial charge >= 0.3 is 0 Å². The van der Waals surface area contributed by atoms with E-state index in [0.717, 1.165) is 54.6 Å². The Kier molecular flexibility index (Phi) is 5.15. The van der Waals surface area contributed by atoms with Crippen molar-refractivity contribution in [2.75, 3.05) is 6.54 Å². The van der Waals surface area contributed by atoms with E-state index >= 15 is 0 Å². The number of unbranched alkanes of at least 4 members (excludes halogenated alkanes) is 1. The minimum atomic E-state index is 0.715. The first-order valence-corrected chi connectivity index (χ1v) is 9.42. The second kappa shape index (κ2) is 6.93. The number of fused-ring (bicyclic) bond motifs is 1. The number of halogens is 3. The average Bonchev–Trinajstić information content (AvgIpc) is 3.04. The average molecular weight is 418 g/mol. The number of aromatic nitrogens is 1. The van der Waals surface area contributed by atoms with Gasteiger partial charge in [0.1, 0.15) is 0 Å². The van der Waals surface area contributed by atoms with Crippen LogP contribution in [-0.2, 0) is 6.42 Å². The summed E-state index contributed by atoms with van der Waals surface area (Å²) in [5.41, 5.74) is 9.12. The fourth-order valence-corrected chi connectivity index (χ4v) is 4.62. The summed E-state index contributed by atoms with van der Waals surface area (Å²) in [4.78, 5) is 4.68. The number of rotatable bonds is 5. The number of nitrogens with one attached hydrogen (secondary N) is 1. The maximum atomic E-state index is 6.23. The fourth-order valence-electron chi connectivity index (χ4n) is 2.64.